The van der Waals surface area contributed by atoms with Gasteiger partial charge >= 0.3 is 5.69 Å². The minimum Gasteiger partial charge on any atom is -0.322 e. The number of hydrogen-bond donors (Lipinski definition) is 2. The fraction of sp³-hybridized carbons (Fsp3) is 0.700. The van der Waals surface area contributed by atoms with Crippen LogP contribution in [0.5, 0.6) is 0 Å². The summed E-state index contributed by atoms with van der Waals surface area (Å²) in [6.07, 6.45) is 1.42. The summed E-state index contributed by atoms with van der Waals surface area (Å²) >= 11 is 0. The molecule has 5 rings (SSSR count). The van der Waals surface area contributed by atoms with Crippen LogP contribution in [0.3, 0.4) is 0 Å². The summed E-state index contributed by atoms with van der Waals surface area (Å²) in [5.41, 5.74) is 5.80. The first-order chi connectivity index (χ1) is 13.6. The van der Waals surface area contributed by atoms with Crippen molar-refractivity contribution in [1.82, 2.24) is 14.5 Å². The smallest absolute Gasteiger partial charge is 0.322 e. The van der Waals surface area contributed by atoms with Crippen molar-refractivity contribution in [2.24, 2.45) is 17.6 Å². The van der Waals surface area contributed by atoms with Gasteiger partial charge < -0.3 is 5.73 Å². The lowest BCUT2D eigenvalue weighted by Gasteiger charge is -2.38. The zero-order valence-electron chi connectivity index (χ0n) is 16.4. The van der Waals surface area contributed by atoms with E-state index in [1.807, 2.05) is 11.8 Å². The Balaban J connectivity index is 1.57. The Morgan fingerprint density at radius 1 is 1.21 bits per heavy atom. The molecule has 0 aromatic carbocycles. The number of likely N-dealkylation sites (tertiary alicyclic amines) is 1. The Hall–Kier alpha value is -1.87. The van der Waals surface area contributed by atoms with Crippen LogP contribution in [0.25, 0.3) is 5.57 Å². The predicted molar refractivity (Wildman–Crippen MR) is 102 cm³/mol. The van der Waals surface area contributed by atoms with Crippen LogP contribution in [-0.2, 0) is 0 Å². The number of hydrogen-bond acceptors (Lipinski definition) is 4. The first-order valence-corrected chi connectivity index (χ1v) is 10.2. The zero-order valence-corrected chi connectivity index (χ0v) is 16.4. The van der Waals surface area contributed by atoms with Gasteiger partial charge in [-0.05, 0) is 37.2 Å². The first-order valence-electron chi connectivity index (χ1n) is 10.2. The van der Waals surface area contributed by atoms with E-state index < -0.39 is 41.0 Å². The lowest BCUT2D eigenvalue weighted by atomic mass is 9.83. The van der Waals surface area contributed by atoms with Gasteiger partial charge in [0, 0.05) is 37.2 Å². The van der Waals surface area contributed by atoms with Gasteiger partial charge in [0.1, 0.15) is 5.83 Å². The molecule has 9 heteroatoms. The summed E-state index contributed by atoms with van der Waals surface area (Å²) in [6, 6.07) is -1.88. The second-order valence-electron chi connectivity index (χ2n) is 9.20. The minimum absolute atomic E-state index is 0.0234. The molecule has 1 aliphatic heterocycles. The van der Waals surface area contributed by atoms with Crippen molar-refractivity contribution in [2.75, 3.05) is 13.1 Å². The van der Waals surface area contributed by atoms with Crippen molar-refractivity contribution in [3.8, 4) is 0 Å². The number of nitrogens with one attached hydrogen (secondary N) is 1. The van der Waals surface area contributed by atoms with E-state index in [1.165, 1.54) is 0 Å². The van der Waals surface area contributed by atoms with Crippen LogP contribution in [0.1, 0.15) is 56.3 Å². The maximum absolute atomic E-state index is 15.5. The summed E-state index contributed by atoms with van der Waals surface area (Å²) in [5, 5.41) is 0. The number of fused-ring (bicyclic) bond motifs is 2. The van der Waals surface area contributed by atoms with Crippen molar-refractivity contribution >= 4 is 5.57 Å². The zero-order chi connectivity index (χ0) is 20.8. The quantitative estimate of drug-likeness (QED) is 0.781. The molecule has 2 heterocycles. The molecule has 0 spiro atoms. The highest BCUT2D eigenvalue weighted by molar-refractivity contribution is 5.71. The number of halogens is 3. The highest BCUT2D eigenvalue weighted by Crippen LogP contribution is 2.50. The second-order valence-corrected chi connectivity index (χ2v) is 9.20. The summed E-state index contributed by atoms with van der Waals surface area (Å²) in [6.45, 7) is 4.01. The molecule has 1 saturated heterocycles. The van der Waals surface area contributed by atoms with E-state index >= 15 is 4.39 Å². The Morgan fingerprint density at radius 2 is 1.90 bits per heavy atom. The van der Waals surface area contributed by atoms with E-state index in [4.69, 9.17) is 5.73 Å². The third-order valence-electron chi connectivity index (χ3n) is 7.39. The Bertz CT molecular complexity index is 1030. The van der Waals surface area contributed by atoms with Crippen LogP contribution in [-0.4, -0.2) is 45.5 Å². The van der Waals surface area contributed by atoms with Crippen LogP contribution < -0.4 is 17.0 Å². The number of aromatic amines is 1. The van der Waals surface area contributed by atoms with Gasteiger partial charge in [0.25, 0.3) is 11.5 Å². The van der Waals surface area contributed by atoms with Gasteiger partial charge in [0.2, 0.25) is 0 Å². The average molecular weight is 410 g/mol. The van der Waals surface area contributed by atoms with E-state index in [1.54, 1.807) is 11.5 Å². The third-order valence-corrected chi connectivity index (χ3v) is 7.39. The highest BCUT2D eigenvalue weighted by Gasteiger charge is 2.58. The number of aromatic nitrogens is 2. The fourth-order valence-electron chi connectivity index (χ4n) is 5.84. The number of alkyl halides is 2. The van der Waals surface area contributed by atoms with E-state index in [-0.39, 0.29) is 35.4 Å². The molecular formula is C20H25F3N4O2. The predicted octanol–water partition coefficient (Wildman–Crippen LogP) is 1.97. The molecule has 0 radical (unpaired) electrons. The lowest BCUT2D eigenvalue weighted by molar-refractivity contribution is -0.0203. The highest BCUT2D eigenvalue weighted by atomic mass is 19.3. The first kappa shape index (κ1) is 19.1. The molecule has 4 aliphatic rings. The van der Waals surface area contributed by atoms with E-state index in [0.29, 0.717) is 18.8 Å². The second kappa shape index (κ2) is 6.07. The van der Waals surface area contributed by atoms with Crippen molar-refractivity contribution in [2.45, 2.75) is 63.1 Å². The van der Waals surface area contributed by atoms with Gasteiger partial charge in [-0.25, -0.2) is 18.0 Å². The maximum Gasteiger partial charge on any atom is 0.328 e. The van der Waals surface area contributed by atoms with E-state index in [0.717, 1.165) is 12.8 Å². The molecule has 5 unspecified atom stereocenters. The molecule has 6 nitrogen and oxygen atoms in total. The minimum atomic E-state index is -2.88. The summed E-state index contributed by atoms with van der Waals surface area (Å²) in [4.78, 5) is 29.2. The van der Waals surface area contributed by atoms with Crippen molar-refractivity contribution < 1.29 is 13.2 Å². The van der Waals surface area contributed by atoms with Crippen molar-refractivity contribution in [1.29, 1.82) is 0 Å². The lowest BCUT2D eigenvalue weighted by Crippen LogP contribution is -2.47. The van der Waals surface area contributed by atoms with Gasteiger partial charge in [0.05, 0.1) is 17.6 Å². The summed E-state index contributed by atoms with van der Waals surface area (Å²) in [5.74, 6) is -4.39. The van der Waals surface area contributed by atoms with Gasteiger partial charge in [-0.3, -0.25) is 19.2 Å². The number of nitrogens with zero attached hydrogens (tertiary/aromatic N) is 2. The Morgan fingerprint density at radius 3 is 2.52 bits per heavy atom. The monoisotopic (exact) mass is 410 g/mol. The molecule has 3 N–H and O–H groups in total. The molecule has 2 saturated carbocycles. The molecule has 0 bridgehead atoms. The molecule has 1 aromatic heterocycles. The van der Waals surface area contributed by atoms with Gasteiger partial charge in [-0.1, -0.05) is 6.92 Å². The van der Waals surface area contributed by atoms with Crippen molar-refractivity contribution in [3.63, 3.8) is 0 Å². The molecule has 3 fully saturated rings. The summed E-state index contributed by atoms with van der Waals surface area (Å²) in [7, 11) is 0. The van der Waals surface area contributed by atoms with Crippen LogP contribution in [0.2, 0.25) is 0 Å². The molecule has 29 heavy (non-hydrogen) atoms. The standard InChI is InChI=1S/C20H25F3N4O2/c1-8-13-15(27(11-3-4-11)19(29)25-18(13)28)9(2)16(14(8)21)26-6-10-5-20(22,23)17(24)12(10)7-26/h9-12,16-17H,3-7,24H2,1-2H3,(H,25,28,29). The largest absolute Gasteiger partial charge is 0.328 e. The van der Waals surface area contributed by atoms with Crippen LogP contribution in [0.4, 0.5) is 13.2 Å². The average Bonchev–Trinajstić information content (AvgIpc) is 3.35. The Labute approximate surface area is 165 Å². The van der Waals surface area contributed by atoms with Gasteiger partial charge in [-0.15, -0.1) is 0 Å². The topological polar surface area (TPSA) is 84.1 Å². The molecular weight excluding hydrogens is 385 g/mol. The maximum atomic E-state index is 15.5. The van der Waals surface area contributed by atoms with E-state index in [2.05, 4.69) is 4.98 Å². The normalized spacial score (nSPS) is 36.4. The van der Waals surface area contributed by atoms with Crippen LogP contribution in [0.15, 0.2) is 15.4 Å². The van der Waals surface area contributed by atoms with Gasteiger partial charge in [-0.2, -0.15) is 0 Å². The molecule has 5 atom stereocenters. The third kappa shape index (κ3) is 2.63. The number of H-pyrrole nitrogens is 1. The van der Waals surface area contributed by atoms with Crippen LogP contribution >= 0.6 is 0 Å². The number of rotatable bonds is 2. The Kier molecular flexibility index (Phi) is 4.00. The molecule has 1 aromatic rings. The fourth-order valence-corrected chi connectivity index (χ4v) is 5.84. The number of allylic oxidation sites excluding steroid dienone is 1. The summed E-state index contributed by atoms with van der Waals surface area (Å²) < 4.78 is 45.1. The number of nitrogens with two attached hydrogens (primary N) is 1. The van der Waals surface area contributed by atoms with Crippen molar-refractivity contribution in [3.05, 3.63) is 37.9 Å². The van der Waals surface area contributed by atoms with Gasteiger partial charge in [0.15, 0.2) is 0 Å². The molecule has 0 amide bonds. The molecule has 3 aliphatic carbocycles. The van der Waals surface area contributed by atoms with Crippen LogP contribution in [0, 0.1) is 11.8 Å². The van der Waals surface area contributed by atoms with E-state index in [9.17, 15) is 18.4 Å². The molecule has 158 valence electrons. The SMILES string of the molecule is CC1=C(F)C(N2CC3CC(F)(F)C(N)C3C2)C(C)c2c1c(=O)[nH]c(=O)n2C1CC1.